The summed E-state index contributed by atoms with van der Waals surface area (Å²) in [6, 6.07) is 2.94. The van der Waals surface area contributed by atoms with E-state index in [4.69, 9.17) is 9.47 Å². The van der Waals surface area contributed by atoms with E-state index < -0.39 is 11.9 Å². The van der Waals surface area contributed by atoms with Crippen LogP contribution < -0.4 is 4.74 Å². The number of fused-ring (bicyclic) bond motifs is 1. The van der Waals surface area contributed by atoms with Crippen molar-refractivity contribution in [1.82, 2.24) is 0 Å². The molecule has 0 amide bonds. The number of methoxy groups -OCH3 is 1. The number of carbonyl (C=O) groups excluding carboxylic acids is 3. The van der Waals surface area contributed by atoms with E-state index >= 15 is 0 Å². The predicted molar refractivity (Wildman–Crippen MR) is 96.1 cm³/mol. The molecule has 0 fully saturated rings. The molecule has 1 unspecified atom stereocenters. The molecule has 6 nitrogen and oxygen atoms in total. The summed E-state index contributed by atoms with van der Waals surface area (Å²) in [7, 11) is 1.45. The van der Waals surface area contributed by atoms with Gasteiger partial charge in [0.2, 0.25) is 0 Å². The Labute approximate surface area is 152 Å². The Morgan fingerprint density at radius 2 is 2.04 bits per heavy atom. The maximum absolute atomic E-state index is 12.4. The van der Waals surface area contributed by atoms with E-state index in [1.165, 1.54) is 19.3 Å². The van der Waals surface area contributed by atoms with Gasteiger partial charge in [-0.15, -0.1) is 0 Å². The minimum atomic E-state index is -0.666. The summed E-state index contributed by atoms with van der Waals surface area (Å²) in [5.41, 5.74) is 0.456. The molecule has 1 N–H and O–H groups in total. The highest BCUT2D eigenvalue weighted by Crippen LogP contribution is 2.30. The number of aromatic hydroxyl groups is 1. The molecule has 26 heavy (non-hydrogen) atoms. The maximum Gasteiger partial charge on any atom is 0.342 e. The fourth-order valence-corrected chi connectivity index (χ4v) is 2.58. The Morgan fingerprint density at radius 3 is 2.73 bits per heavy atom. The highest BCUT2D eigenvalue weighted by Gasteiger charge is 2.20. The van der Waals surface area contributed by atoms with Gasteiger partial charge in [0.05, 0.1) is 13.7 Å². The van der Waals surface area contributed by atoms with E-state index in [0.29, 0.717) is 17.7 Å². The number of esters is 1. The van der Waals surface area contributed by atoms with E-state index in [2.05, 4.69) is 0 Å². The van der Waals surface area contributed by atoms with Gasteiger partial charge in [-0.25, -0.2) is 4.79 Å². The summed E-state index contributed by atoms with van der Waals surface area (Å²) in [6.45, 7) is 1.86. The zero-order valence-electron chi connectivity index (χ0n) is 14.8. The number of ketones is 1. The molecule has 1 aromatic rings. The first-order chi connectivity index (χ1) is 12.4. The molecule has 1 aliphatic heterocycles. The van der Waals surface area contributed by atoms with Crippen LogP contribution in [0.4, 0.5) is 0 Å². The van der Waals surface area contributed by atoms with Crippen molar-refractivity contribution in [2.45, 2.75) is 19.8 Å². The molecule has 0 bridgehead atoms. The molecule has 0 saturated carbocycles. The molecular formula is C20H22O6. The molecule has 0 saturated heterocycles. The van der Waals surface area contributed by atoms with Gasteiger partial charge in [-0.05, 0) is 24.1 Å². The van der Waals surface area contributed by atoms with Gasteiger partial charge in [-0.1, -0.05) is 25.2 Å². The summed E-state index contributed by atoms with van der Waals surface area (Å²) in [5, 5.41) is 10.2. The number of phenols is 1. The SMILES string of the molecule is COc1cc(O)c2c(c1)/C=C/CC(C=O)CC(=O)/C=C\[C@@H](C)COC2=O. The van der Waals surface area contributed by atoms with Gasteiger partial charge < -0.3 is 19.4 Å². The number of hydrogen-bond acceptors (Lipinski definition) is 6. The van der Waals surface area contributed by atoms with Crippen LogP contribution in [0.1, 0.15) is 35.7 Å². The molecular weight excluding hydrogens is 336 g/mol. The number of carbonyl (C=O) groups is 3. The second-order valence-corrected chi connectivity index (χ2v) is 6.25. The molecule has 2 rings (SSSR count). The van der Waals surface area contributed by atoms with Gasteiger partial charge in [0.15, 0.2) is 5.78 Å². The maximum atomic E-state index is 12.4. The number of ether oxygens (including phenoxy) is 2. The number of cyclic esters (lactones) is 1. The van der Waals surface area contributed by atoms with Gasteiger partial charge >= 0.3 is 5.97 Å². The number of aldehydes is 1. The molecule has 0 aromatic heterocycles. The second-order valence-electron chi connectivity index (χ2n) is 6.25. The van der Waals surface area contributed by atoms with Crippen LogP contribution in [0, 0.1) is 11.8 Å². The van der Waals surface area contributed by atoms with Crippen molar-refractivity contribution in [1.29, 1.82) is 0 Å². The highest BCUT2D eigenvalue weighted by atomic mass is 16.5. The zero-order valence-corrected chi connectivity index (χ0v) is 14.8. The van der Waals surface area contributed by atoms with Crippen molar-refractivity contribution in [3.05, 3.63) is 41.5 Å². The molecule has 0 spiro atoms. The van der Waals surface area contributed by atoms with Crippen molar-refractivity contribution in [2.75, 3.05) is 13.7 Å². The monoisotopic (exact) mass is 358 g/mol. The number of rotatable bonds is 2. The van der Waals surface area contributed by atoms with Gasteiger partial charge in [0.25, 0.3) is 0 Å². The molecule has 1 aliphatic rings. The first-order valence-electron chi connectivity index (χ1n) is 8.35. The molecule has 2 atom stereocenters. The Bertz CT molecular complexity index is 747. The van der Waals surface area contributed by atoms with Gasteiger partial charge in [-0.2, -0.15) is 0 Å². The quantitative estimate of drug-likeness (QED) is 0.646. The normalized spacial score (nSPS) is 23.9. The molecule has 0 radical (unpaired) electrons. The average Bonchev–Trinajstić information content (AvgIpc) is 2.62. The third-order valence-corrected chi connectivity index (χ3v) is 4.04. The Kier molecular flexibility index (Phi) is 6.72. The lowest BCUT2D eigenvalue weighted by atomic mass is 9.97. The van der Waals surface area contributed by atoms with Crippen LogP contribution in [0.2, 0.25) is 0 Å². The molecule has 138 valence electrons. The summed E-state index contributed by atoms with van der Waals surface area (Å²) in [5.74, 6) is -1.30. The smallest absolute Gasteiger partial charge is 0.342 e. The van der Waals surface area contributed by atoms with E-state index in [1.54, 1.807) is 31.2 Å². The van der Waals surface area contributed by atoms with Crippen molar-refractivity contribution in [2.24, 2.45) is 11.8 Å². The number of hydrogen-bond donors (Lipinski definition) is 1. The van der Waals surface area contributed by atoms with E-state index in [9.17, 15) is 19.5 Å². The first kappa shape index (κ1) is 19.4. The van der Waals surface area contributed by atoms with E-state index in [1.807, 2.05) is 0 Å². The Hall–Kier alpha value is -2.89. The second kappa shape index (κ2) is 8.99. The van der Waals surface area contributed by atoms with Gasteiger partial charge in [-0.3, -0.25) is 4.79 Å². The summed E-state index contributed by atoms with van der Waals surface area (Å²) in [6.07, 6.45) is 7.58. The van der Waals surface area contributed by atoms with Crippen LogP contribution in [-0.2, 0) is 14.3 Å². The number of benzene rings is 1. The third-order valence-electron chi connectivity index (χ3n) is 4.04. The average molecular weight is 358 g/mol. The van der Waals surface area contributed by atoms with Crippen molar-refractivity contribution >= 4 is 24.1 Å². The summed E-state index contributed by atoms with van der Waals surface area (Å²) >= 11 is 0. The molecule has 1 heterocycles. The molecule has 6 heteroatoms. The van der Waals surface area contributed by atoms with Crippen molar-refractivity contribution in [3.63, 3.8) is 0 Å². The van der Waals surface area contributed by atoms with Crippen LogP contribution in [-0.4, -0.2) is 36.9 Å². The van der Waals surface area contributed by atoms with Gasteiger partial charge in [0.1, 0.15) is 23.3 Å². The summed E-state index contributed by atoms with van der Waals surface area (Å²) in [4.78, 5) is 35.6. The van der Waals surface area contributed by atoms with Crippen molar-refractivity contribution in [3.8, 4) is 11.5 Å². The predicted octanol–water partition coefficient (Wildman–Crippen LogP) is 2.94. The van der Waals surface area contributed by atoms with Crippen LogP contribution in [0.15, 0.2) is 30.4 Å². The topological polar surface area (TPSA) is 89.9 Å². The number of allylic oxidation sites excluding steroid dienone is 2. The van der Waals surface area contributed by atoms with E-state index in [-0.39, 0.29) is 36.0 Å². The largest absolute Gasteiger partial charge is 0.507 e. The number of phenolic OH excluding ortho intramolecular Hbond substituents is 1. The minimum Gasteiger partial charge on any atom is -0.507 e. The molecule has 1 aromatic carbocycles. The van der Waals surface area contributed by atoms with Crippen LogP contribution in [0.25, 0.3) is 6.08 Å². The zero-order chi connectivity index (χ0) is 19.1. The van der Waals surface area contributed by atoms with Crippen LogP contribution in [0.3, 0.4) is 0 Å². The minimum absolute atomic E-state index is 0.0361. The molecule has 0 aliphatic carbocycles. The van der Waals surface area contributed by atoms with Crippen LogP contribution in [0.5, 0.6) is 11.5 Å². The lowest BCUT2D eigenvalue weighted by molar-refractivity contribution is -0.119. The van der Waals surface area contributed by atoms with Gasteiger partial charge in [0, 0.05) is 24.3 Å². The standard InChI is InChI=1S/C20H22O6/c1-13-6-7-16(22)8-14(11-21)4-3-5-15-9-17(25-2)10-18(23)19(15)20(24)26-12-13/h3,5-7,9-11,13-14,23H,4,8,12H2,1-2H3/b5-3+,7-6-/t13-,14?/m1/s1. The summed E-state index contributed by atoms with van der Waals surface area (Å²) < 4.78 is 10.4. The third kappa shape index (κ3) is 5.05. The first-order valence-corrected chi connectivity index (χ1v) is 8.35. The van der Waals surface area contributed by atoms with Crippen LogP contribution >= 0.6 is 0 Å². The Morgan fingerprint density at radius 1 is 1.27 bits per heavy atom. The Balaban J connectivity index is 2.43. The fraction of sp³-hybridized carbons (Fsp3) is 0.350. The lowest BCUT2D eigenvalue weighted by Gasteiger charge is -2.13. The highest BCUT2D eigenvalue weighted by molar-refractivity contribution is 5.97. The van der Waals surface area contributed by atoms with Crippen molar-refractivity contribution < 1.29 is 29.0 Å². The van der Waals surface area contributed by atoms with E-state index in [0.717, 1.165) is 6.29 Å². The fourth-order valence-electron chi connectivity index (χ4n) is 2.58. The lowest BCUT2D eigenvalue weighted by Crippen LogP contribution is -2.13.